The number of piperidine rings is 1. The van der Waals surface area contributed by atoms with Crippen LogP contribution in [0.4, 0.5) is 0 Å². The number of carboxylic acids is 1. The van der Waals surface area contributed by atoms with E-state index in [4.69, 9.17) is 9.84 Å². The van der Waals surface area contributed by atoms with Gasteiger partial charge in [-0.1, -0.05) is 0 Å². The Morgan fingerprint density at radius 2 is 2.26 bits per heavy atom. The van der Waals surface area contributed by atoms with Gasteiger partial charge in [0.1, 0.15) is 6.61 Å². The van der Waals surface area contributed by atoms with E-state index in [9.17, 15) is 4.79 Å². The van der Waals surface area contributed by atoms with Crippen molar-refractivity contribution in [3.05, 3.63) is 18.0 Å². The van der Waals surface area contributed by atoms with E-state index in [1.165, 1.54) is 5.56 Å². The first kappa shape index (κ1) is 14.0. The summed E-state index contributed by atoms with van der Waals surface area (Å²) in [6.07, 6.45) is 6.89. The second-order valence-corrected chi connectivity index (χ2v) is 5.02. The predicted octanol–water partition coefficient (Wildman–Crippen LogP) is 0.528. The molecule has 0 aliphatic carbocycles. The molecule has 0 saturated carbocycles. The average molecular weight is 267 g/mol. The van der Waals surface area contributed by atoms with E-state index in [0.717, 1.165) is 38.9 Å². The van der Waals surface area contributed by atoms with Crippen molar-refractivity contribution in [3.8, 4) is 0 Å². The number of carbonyl (C=O) groups is 1. The van der Waals surface area contributed by atoms with Crippen LogP contribution in [0.3, 0.4) is 0 Å². The van der Waals surface area contributed by atoms with Crippen LogP contribution in [0.5, 0.6) is 0 Å². The molecule has 6 heteroatoms. The first-order valence-corrected chi connectivity index (χ1v) is 6.67. The molecule has 0 bridgehead atoms. The summed E-state index contributed by atoms with van der Waals surface area (Å²) in [4.78, 5) is 12.8. The SMILES string of the molecule is Cn1cc(CCN2CCC(OCC(=O)O)CC2)cn1. The maximum atomic E-state index is 10.4. The van der Waals surface area contributed by atoms with Gasteiger partial charge in [-0.3, -0.25) is 4.68 Å². The monoisotopic (exact) mass is 267 g/mol. The van der Waals surface area contributed by atoms with E-state index in [-0.39, 0.29) is 12.7 Å². The Kier molecular flexibility index (Phi) is 4.93. The van der Waals surface area contributed by atoms with Gasteiger partial charge in [0.15, 0.2) is 0 Å². The van der Waals surface area contributed by atoms with Crippen molar-refractivity contribution < 1.29 is 14.6 Å². The van der Waals surface area contributed by atoms with Crippen molar-refractivity contribution in [2.45, 2.75) is 25.4 Å². The van der Waals surface area contributed by atoms with Gasteiger partial charge in [-0.2, -0.15) is 5.10 Å². The number of aryl methyl sites for hydroxylation is 1. The highest BCUT2D eigenvalue weighted by Gasteiger charge is 2.20. The molecule has 106 valence electrons. The molecule has 1 aromatic rings. The van der Waals surface area contributed by atoms with Gasteiger partial charge >= 0.3 is 5.97 Å². The number of aromatic nitrogens is 2. The van der Waals surface area contributed by atoms with Gasteiger partial charge in [-0.25, -0.2) is 4.79 Å². The highest BCUT2D eigenvalue weighted by atomic mass is 16.5. The van der Waals surface area contributed by atoms with Crippen LogP contribution >= 0.6 is 0 Å². The van der Waals surface area contributed by atoms with E-state index >= 15 is 0 Å². The van der Waals surface area contributed by atoms with Crippen LogP contribution in [0.15, 0.2) is 12.4 Å². The molecule has 2 heterocycles. The number of ether oxygens (including phenoxy) is 1. The Morgan fingerprint density at radius 3 is 2.84 bits per heavy atom. The van der Waals surface area contributed by atoms with Crippen molar-refractivity contribution in [1.29, 1.82) is 0 Å². The second-order valence-electron chi connectivity index (χ2n) is 5.02. The molecule has 0 atom stereocenters. The smallest absolute Gasteiger partial charge is 0.329 e. The molecule has 0 unspecified atom stereocenters. The molecule has 19 heavy (non-hydrogen) atoms. The first-order chi connectivity index (χ1) is 9.13. The molecular formula is C13H21N3O3. The highest BCUT2D eigenvalue weighted by Crippen LogP contribution is 2.14. The van der Waals surface area contributed by atoms with Crippen LogP contribution in [0.2, 0.25) is 0 Å². The fraction of sp³-hybridized carbons (Fsp3) is 0.692. The zero-order valence-corrected chi connectivity index (χ0v) is 11.3. The van der Waals surface area contributed by atoms with Crippen molar-refractivity contribution in [3.63, 3.8) is 0 Å². The number of nitrogens with zero attached hydrogens (tertiary/aromatic N) is 3. The Morgan fingerprint density at radius 1 is 1.53 bits per heavy atom. The zero-order valence-electron chi connectivity index (χ0n) is 11.3. The summed E-state index contributed by atoms with van der Waals surface area (Å²) in [6, 6.07) is 0. The third-order valence-corrected chi connectivity index (χ3v) is 3.45. The number of rotatable bonds is 6. The maximum absolute atomic E-state index is 10.4. The van der Waals surface area contributed by atoms with E-state index in [1.54, 1.807) is 0 Å². The van der Waals surface area contributed by atoms with Gasteiger partial charge < -0.3 is 14.7 Å². The minimum Gasteiger partial charge on any atom is -0.480 e. The van der Waals surface area contributed by atoms with Crippen LogP contribution in [0, 0.1) is 0 Å². The molecule has 6 nitrogen and oxygen atoms in total. The topological polar surface area (TPSA) is 67.6 Å². The summed E-state index contributed by atoms with van der Waals surface area (Å²) in [5.74, 6) is -0.890. The van der Waals surface area contributed by atoms with E-state index in [0.29, 0.717) is 0 Å². The second kappa shape index (κ2) is 6.68. The average Bonchev–Trinajstić information content (AvgIpc) is 2.81. The van der Waals surface area contributed by atoms with Crippen LogP contribution < -0.4 is 0 Å². The molecule has 1 fully saturated rings. The molecule has 0 aromatic carbocycles. The van der Waals surface area contributed by atoms with Gasteiger partial charge in [0, 0.05) is 32.9 Å². The van der Waals surface area contributed by atoms with Crippen LogP contribution in [0.25, 0.3) is 0 Å². The zero-order chi connectivity index (χ0) is 13.7. The third kappa shape index (κ3) is 4.65. The Labute approximate surface area is 113 Å². The summed E-state index contributed by atoms with van der Waals surface area (Å²) in [6.45, 7) is 2.80. The summed E-state index contributed by atoms with van der Waals surface area (Å²) >= 11 is 0. The number of carboxylic acid groups (broad SMARTS) is 1. The minimum absolute atomic E-state index is 0.103. The maximum Gasteiger partial charge on any atom is 0.329 e. The standard InChI is InChI=1S/C13H21N3O3/c1-15-9-11(8-14-15)2-5-16-6-3-12(4-7-16)19-10-13(17)18/h8-9,12H,2-7,10H2,1H3,(H,17,18). The lowest BCUT2D eigenvalue weighted by Crippen LogP contribution is -2.38. The van der Waals surface area contributed by atoms with Gasteiger partial charge in [0.2, 0.25) is 0 Å². The summed E-state index contributed by atoms with van der Waals surface area (Å²) < 4.78 is 7.14. The molecule has 1 N–H and O–H groups in total. The minimum atomic E-state index is -0.890. The molecule has 1 saturated heterocycles. The molecule has 1 aliphatic rings. The fourth-order valence-corrected chi connectivity index (χ4v) is 2.38. The van der Waals surface area contributed by atoms with Crippen LogP contribution in [-0.2, 0) is 23.0 Å². The molecule has 0 radical (unpaired) electrons. The largest absolute Gasteiger partial charge is 0.480 e. The third-order valence-electron chi connectivity index (χ3n) is 3.45. The first-order valence-electron chi connectivity index (χ1n) is 6.67. The molecule has 1 aliphatic heterocycles. The van der Waals surface area contributed by atoms with E-state index in [1.807, 2.05) is 24.1 Å². The Balaban J connectivity index is 1.64. The fourth-order valence-electron chi connectivity index (χ4n) is 2.38. The lowest BCUT2D eigenvalue weighted by Gasteiger charge is -2.31. The number of hydrogen-bond acceptors (Lipinski definition) is 4. The lowest BCUT2D eigenvalue weighted by atomic mass is 10.1. The van der Waals surface area contributed by atoms with Crippen molar-refractivity contribution >= 4 is 5.97 Å². The normalized spacial score (nSPS) is 17.7. The lowest BCUT2D eigenvalue weighted by molar-refractivity contribution is -0.145. The van der Waals surface area contributed by atoms with Crippen molar-refractivity contribution in [2.24, 2.45) is 7.05 Å². The molecular weight excluding hydrogens is 246 g/mol. The van der Waals surface area contributed by atoms with Crippen molar-refractivity contribution in [1.82, 2.24) is 14.7 Å². The van der Waals surface area contributed by atoms with Gasteiger partial charge in [-0.05, 0) is 24.8 Å². The number of likely N-dealkylation sites (tertiary alicyclic amines) is 1. The van der Waals surface area contributed by atoms with Crippen LogP contribution in [0.1, 0.15) is 18.4 Å². The molecule has 0 amide bonds. The number of aliphatic carboxylic acids is 1. The quantitative estimate of drug-likeness (QED) is 0.814. The van der Waals surface area contributed by atoms with E-state index in [2.05, 4.69) is 10.00 Å². The molecule has 2 rings (SSSR count). The Hall–Kier alpha value is -1.40. The molecule has 1 aromatic heterocycles. The predicted molar refractivity (Wildman–Crippen MR) is 70.0 cm³/mol. The van der Waals surface area contributed by atoms with E-state index < -0.39 is 5.97 Å². The number of hydrogen-bond donors (Lipinski definition) is 1. The van der Waals surface area contributed by atoms with Crippen LogP contribution in [-0.4, -0.2) is 58.1 Å². The molecule has 0 spiro atoms. The summed E-state index contributed by atoms with van der Waals surface area (Å²) in [5.41, 5.74) is 1.26. The highest BCUT2D eigenvalue weighted by molar-refractivity contribution is 5.68. The van der Waals surface area contributed by atoms with Gasteiger partial charge in [0.25, 0.3) is 0 Å². The van der Waals surface area contributed by atoms with Gasteiger partial charge in [0.05, 0.1) is 12.3 Å². The van der Waals surface area contributed by atoms with Crippen molar-refractivity contribution in [2.75, 3.05) is 26.2 Å². The Bertz CT molecular complexity index is 411. The van der Waals surface area contributed by atoms with Gasteiger partial charge in [-0.15, -0.1) is 0 Å². The summed E-state index contributed by atoms with van der Waals surface area (Å²) in [5, 5.41) is 12.7. The summed E-state index contributed by atoms with van der Waals surface area (Å²) in [7, 11) is 1.93.